The maximum atomic E-state index is 13.2. The second-order valence-corrected chi connectivity index (χ2v) is 36.2. The number of esters is 4. The fraction of sp³-hybridized carbons (Fsp3) is 0.956. The van der Waals surface area contributed by atoms with Gasteiger partial charge >= 0.3 is 39.5 Å². The Hall–Kier alpha value is -1.94. The molecule has 0 aliphatic heterocycles. The molecule has 0 aliphatic carbocycles. The van der Waals surface area contributed by atoms with Crippen LogP contribution in [0.5, 0.6) is 0 Å². The number of phosphoric ester groups is 2. The van der Waals surface area contributed by atoms with Crippen LogP contribution < -0.4 is 0 Å². The first-order chi connectivity index (χ1) is 52.8. The number of ether oxygens (including phenoxy) is 4. The summed E-state index contributed by atoms with van der Waals surface area (Å²) >= 11 is 0. The van der Waals surface area contributed by atoms with Crippen molar-refractivity contribution in [3.63, 3.8) is 0 Å². The maximum Gasteiger partial charge on any atom is 0.472 e. The Bertz CT molecular complexity index is 2100. The summed E-state index contributed by atoms with van der Waals surface area (Å²) in [7, 11) is -9.94. The molecule has 19 heteroatoms. The quantitative estimate of drug-likeness (QED) is 0.0222. The van der Waals surface area contributed by atoms with Gasteiger partial charge in [0, 0.05) is 25.7 Å². The second-order valence-electron chi connectivity index (χ2n) is 33.3. The van der Waals surface area contributed by atoms with Crippen molar-refractivity contribution in [2.75, 3.05) is 39.6 Å². The Morgan fingerprint density at radius 1 is 0.266 bits per heavy atom. The summed E-state index contributed by atoms with van der Waals surface area (Å²) in [5.74, 6) is 0.366. The van der Waals surface area contributed by atoms with Gasteiger partial charge in [0.1, 0.15) is 19.3 Å². The first kappa shape index (κ1) is 107. The highest BCUT2D eigenvalue weighted by atomic mass is 31.2. The van der Waals surface area contributed by atoms with Crippen molar-refractivity contribution < 1.29 is 80.2 Å². The third-order valence-electron chi connectivity index (χ3n) is 21.9. The van der Waals surface area contributed by atoms with E-state index in [2.05, 4.69) is 48.5 Å². The zero-order valence-corrected chi connectivity index (χ0v) is 73.8. The lowest BCUT2D eigenvalue weighted by atomic mass is 9.99. The Balaban J connectivity index is 5.25. The van der Waals surface area contributed by atoms with E-state index >= 15 is 0 Å². The van der Waals surface area contributed by atoms with Crippen LogP contribution in [0, 0.1) is 17.8 Å². The van der Waals surface area contributed by atoms with Crippen LogP contribution in [-0.4, -0.2) is 96.7 Å². The van der Waals surface area contributed by atoms with Crippen molar-refractivity contribution in [3.05, 3.63) is 0 Å². The molecule has 0 aromatic carbocycles. The molecule has 4 unspecified atom stereocenters. The predicted octanol–water partition coefficient (Wildman–Crippen LogP) is 27.6. The lowest BCUT2D eigenvalue weighted by molar-refractivity contribution is -0.161. The van der Waals surface area contributed by atoms with E-state index in [4.69, 9.17) is 37.0 Å². The first-order valence-corrected chi connectivity index (χ1v) is 49.4. The first-order valence-electron chi connectivity index (χ1n) is 46.4. The number of carbonyl (C=O) groups excluding carboxylic acids is 4. The fourth-order valence-electron chi connectivity index (χ4n) is 14.0. The third-order valence-corrected chi connectivity index (χ3v) is 23.8. The number of aliphatic hydroxyl groups excluding tert-OH is 1. The number of phosphoric acid groups is 2. The molecule has 0 aliphatic rings. The van der Waals surface area contributed by atoms with Crippen molar-refractivity contribution in [2.24, 2.45) is 17.8 Å². The molecule has 109 heavy (non-hydrogen) atoms. The number of rotatable bonds is 88. The summed E-state index contributed by atoms with van der Waals surface area (Å²) in [6, 6.07) is 0. The van der Waals surface area contributed by atoms with Crippen LogP contribution in [0.2, 0.25) is 0 Å². The third kappa shape index (κ3) is 81.0. The van der Waals surface area contributed by atoms with Gasteiger partial charge in [0.2, 0.25) is 0 Å². The summed E-state index contributed by atoms with van der Waals surface area (Å²) in [6.07, 6.45) is 72.1. The number of aliphatic hydroxyl groups is 1. The molecule has 648 valence electrons. The Morgan fingerprint density at radius 3 is 0.697 bits per heavy atom. The smallest absolute Gasteiger partial charge is 0.462 e. The molecule has 0 heterocycles. The van der Waals surface area contributed by atoms with Crippen molar-refractivity contribution in [1.82, 2.24) is 0 Å². The van der Waals surface area contributed by atoms with Gasteiger partial charge in [0.25, 0.3) is 0 Å². The predicted molar refractivity (Wildman–Crippen MR) is 451 cm³/mol. The van der Waals surface area contributed by atoms with E-state index < -0.39 is 97.5 Å². The van der Waals surface area contributed by atoms with E-state index in [0.717, 1.165) is 108 Å². The summed E-state index contributed by atoms with van der Waals surface area (Å²) in [5, 5.41) is 10.7. The van der Waals surface area contributed by atoms with Gasteiger partial charge in [-0.15, -0.1) is 0 Å². The molecule has 0 rings (SSSR count). The molecule has 0 aromatic heterocycles. The van der Waals surface area contributed by atoms with Crippen LogP contribution in [0.4, 0.5) is 0 Å². The fourth-order valence-corrected chi connectivity index (χ4v) is 15.6. The zero-order valence-electron chi connectivity index (χ0n) is 72.0. The minimum Gasteiger partial charge on any atom is -0.462 e. The highest BCUT2D eigenvalue weighted by Crippen LogP contribution is 2.45. The highest BCUT2D eigenvalue weighted by molar-refractivity contribution is 7.47. The molecule has 0 aromatic rings. The summed E-state index contributed by atoms with van der Waals surface area (Å²) in [6.45, 7) is 12.1. The van der Waals surface area contributed by atoms with Crippen molar-refractivity contribution in [1.29, 1.82) is 0 Å². The van der Waals surface area contributed by atoms with E-state index in [1.54, 1.807) is 0 Å². The van der Waals surface area contributed by atoms with Gasteiger partial charge < -0.3 is 33.8 Å². The van der Waals surface area contributed by atoms with E-state index in [1.165, 1.54) is 289 Å². The molecule has 0 spiro atoms. The average Bonchev–Trinajstić information content (AvgIpc) is 0.898. The van der Waals surface area contributed by atoms with E-state index in [0.29, 0.717) is 25.7 Å². The number of unbranched alkanes of at least 4 members (excludes halogenated alkanes) is 54. The Labute approximate surface area is 670 Å². The largest absolute Gasteiger partial charge is 0.472 e. The molecule has 0 bridgehead atoms. The molecule has 3 N–H and O–H groups in total. The molecule has 17 nitrogen and oxygen atoms in total. The van der Waals surface area contributed by atoms with Gasteiger partial charge in [0.15, 0.2) is 12.2 Å². The zero-order chi connectivity index (χ0) is 80.0. The van der Waals surface area contributed by atoms with Crippen molar-refractivity contribution in [3.8, 4) is 0 Å². The lowest BCUT2D eigenvalue weighted by Crippen LogP contribution is -2.30. The monoisotopic (exact) mass is 1590 g/mol. The van der Waals surface area contributed by atoms with E-state index in [9.17, 15) is 43.2 Å². The molecular weight excluding hydrogens is 1410 g/mol. The van der Waals surface area contributed by atoms with Gasteiger partial charge in [0.05, 0.1) is 26.4 Å². The van der Waals surface area contributed by atoms with Crippen LogP contribution >= 0.6 is 15.6 Å². The van der Waals surface area contributed by atoms with Crippen LogP contribution in [0.1, 0.15) is 479 Å². The molecule has 0 fully saturated rings. The summed E-state index contributed by atoms with van der Waals surface area (Å²) < 4.78 is 69.1. The number of hydrogen-bond donors (Lipinski definition) is 3. The molecule has 7 atom stereocenters. The van der Waals surface area contributed by atoms with Crippen LogP contribution in [0.3, 0.4) is 0 Å². The SMILES string of the molecule is CCCCCCCCCCCCCCCCCCCC(=O)O[C@H](COC(=O)CCCCCCCCCCCC(C)C)COP(=O)(O)OC[C@H](O)COP(=O)(O)OC[C@@H](COC(=O)CCCCCCCCCCCCCCCCC(C)CC)OC(=O)CCCCCCCCCCCCCCCCCCCCC(C)CC. The lowest BCUT2D eigenvalue weighted by Gasteiger charge is -2.21. The van der Waals surface area contributed by atoms with Gasteiger partial charge in [-0.25, -0.2) is 9.13 Å². The second kappa shape index (κ2) is 79.9. The van der Waals surface area contributed by atoms with Crippen LogP contribution in [-0.2, 0) is 65.4 Å². The topological polar surface area (TPSA) is 237 Å². The molecular formula is C90H176O17P2. The minimum absolute atomic E-state index is 0.108. The number of carbonyl (C=O) groups is 4. The molecule has 0 saturated carbocycles. The summed E-state index contributed by atoms with van der Waals surface area (Å²) in [5.41, 5.74) is 0. The number of hydrogen-bond acceptors (Lipinski definition) is 15. The van der Waals surface area contributed by atoms with Crippen LogP contribution in [0.25, 0.3) is 0 Å². The van der Waals surface area contributed by atoms with Gasteiger partial charge in [-0.1, -0.05) is 427 Å². The molecule has 0 saturated heterocycles. The molecule has 0 radical (unpaired) electrons. The molecule has 0 amide bonds. The average molecular weight is 1590 g/mol. The van der Waals surface area contributed by atoms with E-state index in [1.807, 2.05) is 0 Å². The van der Waals surface area contributed by atoms with Crippen LogP contribution in [0.15, 0.2) is 0 Å². The maximum absolute atomic E-state index is 13.2. The Kier molecular flexibility index (Phi) is 78.5. The Morgan fingerprint density at radius 2 is 0.468 bits per heavy atom. The normalized spacial score (nSPS) is 14.3. The highest BCUT2D eigenvalue weighted by Gasteiger charge is 2.31. The van der Waals surface area contributed by atoms with Gasteiger partial charge in [-0.3, -0.25) is 37.3 Å². The van der Waals surface area contributed by atoms with Gasteiger partial charge in [-0.2, -0.15) is 0 Å². The van der Waals surface area contributed by atoms with Crippen molar-refractivity contribution in [2.45, 2.75) is 497 Å². The standard InChI is InChI=1S/C90H176O17P2/c1-8-11-12-13-14-15-16-17-18-21-25-32-37-44-52-59-66-73-90(95)107-86(78-101-88(93)72-65-58-51-46-39-40-47-54-61-68-81(4)5)80-105-109(98,99)103-76-84(91)75-102-108(96,97)104-79-85(77-100-87(92)71-64-57-50-43-36-31-28-27-30-35-42-49-56-63-70-83(7)10-3)106-89(94)74-67-60-53-45-38-33-26-23-20-19-22-24-29-34-41-48-55-62-69-82(6)9-2/h81-86,91H,8-80H2,1-7H3,(H,96,97)(H,98,99)/t82?,83?,84-,85-,86-/m1/s1. The van der Waals surface area contributed by atoms with E-state index in [-0.39, 0.29) is 25.7 Å². The van der Waals surface area contributed by atoms with Crippen molar-refractivity contribution >= 4 is 39.5 Å². The van der Waals surface area contributed by atoms with Gasteiger partial charge in [-0.05, 0) is 43.4 Å². The summed E-state index contributed by atoms with van der Waals surface area (Å²) in [4.78, 5) is 73.4. The minimum atomic E-state index is -4.97.